The van der Waals surface area contributed by atoms with Crippen molar-refractivity contribution in [1.29, 1.82) is 0 Å². The highest BCUT2D eigenvalue weighted by molar-refractivity contribution is 7.89. The molecule has 2 rings (SSSR count). The van der Waals surface area contributed by atoms with E-state index in [1.165, 1.54) is 0 Å². The van der Waals surface area contributed by atoms with Crippen LogP contribution < -0.4 is 4.72 Å². The van der Waals surface area contributed by atoms with Gasteiger partial charge in [-0.2, -0.15) is 0 Å². The second kappa shape index (κ2) is 6.79. The van der Waals surface area contributed by atoms with Crippen LogP contribution in [0.2, 0.25) is 0 Å². The molecule has 6 heteroatoms. The third kappa shape index (κ3) is 4.08. The van der Waals surface area contributed by atoms with Gasteiger partial charge in [0.2, 0.25) is 15.9 Å². The number of likely N-dealkylation sites (tertiary alicyclic amines) is 1. The molecule has 0 atom stereocenters. The molecule has 122 valence electrons. The maximum absolute atomic E-state index is 12.4. The Hall–Kier alpha value is -1.40. The van der Waals surface area contributed by atoms with Gasteiger partial charge in [-0.3, -0.25) is 4.79 Å². The molecule has 0 aromatic heterocycles. The van der Waals surface area contributed by atoms with Gasteiger partial charge in [-0.1, -0.05) is 12.1 Å². The molecule has 0 spiro atoms. The molecule has 0 unspecified atom stereocenters. The molecule has 1 saturated heterocycles. The Morgan fingerprint density at radius 2 is 1.91 bits per heavy atom. The first-order chi connectivity index (χ1) is 10.3. The molecule has 1 aromatic carbocycles. The van der Waals surface area contributed by atoms with Gasteiger partial charge >= 0.3 is 0 Å². The molecule has 1 amide bonds. The highest BCUT2D eigenvalue weighted by Crippen LogP contribution is 2.19. The van der Waals surface area contributed by atoms with Crippen LogP contribution in [0.3, 0.4) is 0 Å². The minimum Gasteiger partial charge on any atom is -0.343 e. The molecule has 0 bridgehead atoms. The second-order valence-corrected chi connectivity index (χ2v) is 7.81. The van der Waals surface area contributed by atoms with Gasteiger partial charge in [0, 0.05) is 26.6 Å². The summed E-state index contributed by atoms with van der Waals surface area (Å²) in [6.07, 6.45) is 1.68. The van der Waals surface area contributed by atoms with Crippen LogP contribution in [0.25, 0.3) is 0 Å². The Labute approximate surface area is 132 Å². The Balaban J connectivity index is 1.96. The Morgan fingerprint density at radius 1 is 1.27 bits per heavy atom. The minimum atomic E-state index is -3.47. The number of hydrogen-bond donors (Lipinski definition) is 1. The quantitative estimate of drug-likeness (QED) is 0.919. The molecule has 5 nitrogen and oxygen atoms in total. The number of nitrogens with zero attached hydrogens (tertiary/aromatic N) is 1. The van der Waals surface area contributed by atoms with Crippen molar-refractivity contribution in [3.05, 3.63) is 29.3 Å². The summed E-state index contributed by atoms with van der Waals surface area (Å²) in [5.41, 5.74) is 1.69. The van der Waals surface area contributed by atoms with Crippen LogP contribution in [0.4, 0.5) is 0 Å². The summed E-state index contributed by atoms with van der Waals surface area (Å²) in [4.78, 5) is 13.5. The third-order valence-corrected chi connectivity index (χ3v) is 5.82. The van der Waals surface area contributed by atoms with Gasteiger partial charge in [0.15, 0.2) is 0 Å². The number of nitrogens with one attached hydrogen (secondary N) is 1. The minimum absolute atomic E-state index is 0.0921. The van der Waals surface area contributed by atoms with Crippen molar-refractivity contribution in [2.45, 2.75) is 38.5 Å². The summed E-state index contributed by atoms with van der Waals surface area (Å²) < 4.78 is 27.6. The van der Waals surface area contributed by atoms with Gasteiger partial charge in [-0.15, -0.1) is 0 Å². The highest BCUT2D eigenvalue weighted by Gasteiger charge is 2.23. The lowest BCUT2D eigenvalue weighted by Gasteiger charge is -2.31. The first-order valence-corrected chi connectivity index (χ1v) is 9.10. The SMILES string of the molecule is CC(=O)N1CCC(CNS(=O)(=O)c2cc(C)ccc2C)CC1. The van der Waals surface area contributed by atoms with Gasteiger partial charge in [0.1, 0.15) is 0 Å². The molecule has 1 aliphatic rings. The lowest BCUT2D eigenvalue weighted by Crippen LogP contribution is -2.40. The van der Waals surface area contributed by atoms with E-state index < -0.39 is 10.0 Å². The molecule has 1 fully saturated rings. The molecule has 0 aliphatic carbocycles. The van der Waals surface area contributed by atoms with Crippen LogP contribution >= 0.6 is 0 Å². The summed E-state index contributed by atoms with van der Waals surface area (Å²) >= 11 is 0. The standard InChI is InChI=1S/C16H24N2O3S/c1-12-4-5-13(2)16(10-12)22(20,21)17-11-15-6-8-18(9-7-15)14(3)19/h4-5,10,15,17H,6-9,11H2,1-3H3. The van der Waals surface area contributed by atoms with Gasteiger partial charge in [-0.25, -0.2) is 13.1 Å². The van der Waals surface area contributed by atoms with E-state index in [1.54, 1.807) is 19.9 Å². The largest absolute Gasteiger partial charge is 0.343 e. The number of benzene rings is 1. The first kappa shape index (κ1) is 17.0. The maximum Gasteiger partial charge on any atom is 0.240 e. The van der Waals surface area contributed by atoms with Crippen molar-refractivity contribution in [2.75, 3.05) is 19.6 Å². The second-order valence-electron chi connectivity index (χ2n) is 6.07. The van der Waals surface area contributed by atoms with Gasteiger partial charge < -0.3 is 4.90 Å². The number of carbonyl (C=O) groups is 1. The molecule has 1 aromatic rings. The summed E-state index contributed by atoms with van der Waals surface area (Å²) in [5.74, 6) is 0.380. The zero-order valence-corrected chi connectivity index (χ0v) is 14.2. The number of piperidine rings is 1. The van der Waals surface area contributed by atoms with Crippen molar-refractivity contribution in [2.24, 2.45) is 5.92 Å². The van der Waals surface area contributed by atoms with Crippen molar-refractivity contribution < 1.29 is 13.2 Å². The van der Waals surface area contributed by atoms with Crippen LogP contribution in [0, 0.1) is 19.8 Å². The molecular weight excluding hydrogens is 300 g/mol. The van der Waals surface area contributed by atoms with E-state index in [0.717, 1.165) is 24.0 Å². The average molecular weight is 324 g/mol. The fraction of sp³-hybridized carbons (Fsp3) is 0.562. The summed E-state index contributed by atoms with van der Waals surface area (Å²) in [6, 6.07) is 5.44. The molecule has 1 heterocycles. The zero-order valence-electron chi connectivity index (χ0n) is 13.4. The van der Waals surface area contributed by atoms with Gasteiger partial charge in [0.05, 0.1) is 4.90 Å². The van der Waals surface area contributed by atoms with Crippen LogP contribution in [-0.4, -0.2) is 38.9 Å². The van der Waals surface area contributed by atoms with E-state index in [1.807, 2.05) is 24.0 Å². The van der Waals surface area contributed by atoms with Crippen molar-refractivity contribution >= 4 is 15.9 Å². The molecule has 0 radical (unpaired) electrons. The molecule has 1 aliphatic heterocycles. The van der Waals surface area contributed by atoms with E-state index in [2.05, 4.69) is 4.72 Å². The highest BCUT2D eigenvalue weighted by atomic mass is 32.2. The normalized spacial score (nSPS) is 16.8. The van der Waals surface area contributed by atoms with E-state index in [9.17, 15) is 13.2 Å². The van der Waals surface area contributed by atoms with Crippen molar-refractivity contribution in [3.63, 3.8) is 0 Å². The summed E-state index contributed by atoms with van der Waals surface area (Å²) in [6.45, 7) is 7.12. The summed E-state index contributed by atoms with van der Waals surface area (Å²) in [5, 5.41) is 0. The predicted octanol–water partition coefficient (Wildman–Crippen LogP) is 1.84. The molecule has 0 saturated carbocycles. The molecular formula is C16H24N2O3S. The van der Waals surface area contributed by atoms with E-state index in [-0.39, 0.29) is 11.8 Å². The van der Waals surface area contributed by atoms with Crippen molar-refractivity contribution in [3.8, 4) is 0 Å². The van der Waals surface area contributed by atoms with Gasteiger partial charge in [-0.05, 0) is 49.8 Å². The Morgan fingerprint density at radius 3 is 2.50 bits per heavy atom. The number of aryl methyl sites for hydroxylation is 2. The number of amides is 1. The molecule has 1 N–H and O–H groups in total. The zero-order chi connectivity index (χ0) is 16.3. The monoisotopic (exact) mass is 324 g/mol. The van der Waals surface area contributed by atoms with Crippen molar-refractivity contribution in [1.82, 2.24) is 9.62 Å². The van der Waals surface area contributed by atoms with E-state index in [4.69, 9.17) is 0 Å². The topological polar surface area (TPSA) is 66.5 Å². The number of carbonyl (C=O) groups excluding carboxylic acids is 1. The fourth-order valence-corrected chi connectivity index (χ4v) is 4.20. The van der Waals surface area contributed by atoms with E-state index >= 15 is 0 Å². The van der Waals surface area contributed by atoms with Gasteiger partial charge in [0.25, 0.3) is 0 Å². The van der Waals surface area contributed by atoms with Crippen LogP contribution in [0.15, 0.2) is 23.1 Å². The maximum atomic E-state index is 12.4. The first-order valence-electron chi connectivity index (χ1n) is 7.62. The molecule has 22 heavy (non-hydrogen) atoms. The Kier molecular flexibility index (Phi) is 5.24. The smallest absolute Gasteiger partial charge is 0.240 e. The van der Waals surface area contributed by atoms with Crippen LogP contribution in [-0.2, 0) is 14.8 Å². The average Bonchev–Trinajstić information content (AvgIpc) is 2.48. The lowest BCUT2D eigenvalue weighted by atomic mass is 9.97. The predicted molar refractivity (Wildman–Crippen MR) is 86.1 cm³/mol. The fourth-order valence-electron chi connectivity index (χ4n) is 2.75. The van der Waals surface area contributed by atoms with Crippen LogP contribution in [0.5, 0.6) is 0 Å². The number of hydrogen-bond acceptors (Lipinski definition) is 3. The number of rotatable bonds is 4. The van der Waals surface area contributed by atoms with Crippen LogP contribution in [0.1, 0.15) is 30.9 Å². The van der Waals surface area contributed by atoms with E-state index in [0.29, 0.717) is 24.5 Å². The third-order valence-electron chi connectivity index (χ3n) is 4.26. The lowest BCUT2D eigenvalue weighted by molar-refractivity contribution is -0.130. The summed E-state index contributed by atoms with van der Waals surface area (Å²) in [7, 11) is -3.47. The Bertz CT molecular complexity index is 647. The number of sulfonamides is 1.